The van der Waals surface area contributed by atoms with E-state index in [0.29, 0.717) is 16.1 Å². The van der Waals surface area contributed by atoms with Gasteiger partial charge in [-0.1, -0.05) is 23.7 Å². The number of amides is 2. The zero-order valence-corrected chi connectivity index (χ0v) is 16.6. The Hall–Kier alpha value is -1.60. The number of hydrazine groups is 1. The van der Waals surface area contributed by atoms with Gasteiger partial charge >= 0.3 is 0 Å². The molecule has 0 heterocycles. The summed E-state index contributed by atoms with van der Waals surface area (Å²) in [5, 5.41) is 1.66. The van der Waals surface area contributed by atoms with Crippen LogP contribution in [0.5, 0.6) is 0 Å². The van der Waals surface area contributed by atoms with Gasteiger partial charge in [-0.25, -0.2) is 5.01 Å². The third kappa shape index (κ3) is 4.48. The van der Waals surface area contributed by atoms with Crippen molar-refractivity contribution in [2.24, 2.45) is 0 Å². The van der Waals surface area contributed by atoms with Crippen LogP contribution in [0, 0.1) is 3.57 Å². The Bertz CT molecular complexity index is 754. The molecule has 0 atom stereocenters. The largest absolute Gasteiger partial charge is 0.274 e. The maximum absolute atomic E-state index is 12.9. The molecule has 2 aromatic rings. The van der Waals surface area contributed by atoms with E-state index in [1.165, 1.54) is 5.01 Å². The van der Waals surface area contributed by atoms with Gasteiger partial charge in [-0.3, -0.25) is 15.0 Å². The number of carbonyl (C=O) groups excluding carboxylic acids is 2. The molecule has 0 aliphatic heterocycles. The predicted molar refractivity (Wildman–Crippen MR) is 104 cm³/mol. The van der Waals surface area contributed by atoms with Gasteiger partial charge in [0.25, 0.3) is 11.8 Å². The molecular formula is C18H18ClIN2O2. The van der Waals surface area contributed by atoms with Gasteiger partial charge in [0.15, 0.2) is 0 Å². The number of hydrogen-bond donors (Lipinski definition) is 1. The van der Waals surface area contributed by atoms with Crippen molar-refractivity contribution >= 4 is 46.0 Å². The van der Waals surface area contributed by atoms with Crippen molar-refractivity contribution < 1.29 is 9.59 Å². The molecule has 0 unspecified atom stereocenters. The molecule has 0 aliphatic carbocycles. The summed E-state index contributed by atoms with van der Waals surface area (Å²) in [6.07, 6.45) is 0. The fourth-order valence-corrected chi connectivity index (χ4v) is 2.62. The second-order valence-electron chi connectivity index (χ2n) is 6.24. The molecule has 126 valence electrons. The monoisotopic (exact) mass is 456 g/mol. The number of halogens is 2. The van der Waals surface area contributed by atoms with E-state index < -0.39 is 5.54 Å². The number of nitrogens with one attached hydrogen (secondary N) is 1. The molecule has 2 rings (SSSR count). The van der Waals surface area contributed by atoms with Crippen molar-refractivity contribution in [1.82, 2.24) is 10.4 Å². The molecule has 2 aromatic carbocycles. The molecular weight excluding hydrogens is 439 g/mol. The fourth-order valence-electron chi connectivity index (χ4n) is 2.05. The molecule has 6 heteroatoms. The number of rotatable bonds is 2. The van der Waals surface area contributed by atoms with Gasteiger partial charge in [0.1, 0.15) is 0 Å². The Morgan fingerprint density at radius 3 is 2.17 bits per heavy atom. The molecule has 0 radical (unpaired) electrons. The zero-order valence-electron chi connectivity index (χ0n) is 13.6. The van der Waals surface area contributed by atoms with Crippen LogP contribution in [-0.2, 0) is 0 Å². The van der Waals surface area contributed by atoms with Crippen LogP contribution < -0.4 is 5.43 Å². The third-order valence-corrected chi connectivity index (χ3v) is 4.35. The minimum Gasteiger partial charge on any atom is -0.267 e. The molecule has 24 heavy (non-hydrogen) atoms. The van der Waals surface area contributed by atoms with Crippen LogP contribution >= 0.6 is 34.2 Å². The highest BCUT2D eigenvalue weighted by Crippen LogP contribution is 2.21. The number of nitrogens with zero attached hydrogens (tertiary/aromatic N) is 1. The molecule has 0 saturated carbocycles. The summed E-state index contributed by atoms with van der Waals surface area (Å²) in [5.41, 5.74) is 2.91. The van der Waals surface area contributed by atoms with Gasteiger partial charge in [0.05, 0.1) is 16.1 Å². The number of carbonyl (C=O) groups is 2. The second kappa shape index (κ2) is 7.53. The first-order valence-corrected chi connectivity index (χ1v) is 8.81. The van der Waals surface area contributed by atoms with Crippen molar-refractivity contribution in [2.75, 3.05) is 0 Å². The van der Waals surface area contributed by atoms with E-state index in [1.807, 2.05) is 32.9 Å². The van der Waals surface area contributed by atoms with Gasteiger partial charge in [0, 0.05) is 9.13 Å². The molecule has 0 saturated heterocycles. The van der Waals surface area contributed by atoms with E-state index in [4.69, 9.17) is 11.6 Å². The Kier molecular flexibility index (Phi) is 5.87. The Labute approximate surface area is 160 Å². The van der Waals surface area contributed by atoms with Gasteiger partial charge in [-0.15, -0.1) is 0 Å². The highest BCUT2D eigenvalue weighted by atomic mass is 127. The minimum atomic E-state index is -0.616. The van der Waals surface area contributed by atoms with Crippen molar-refractivity contribution in [3.05, 3.63) is 68.3 Å². The third-order valence-electron chi connectivity index (χ3n) is 3.30. The van der Waals surface area contributed by atoms with Crippen molar-refractivity contribution in [3.63, 3.8) is 0 Å². The molecule has 0 aliphatic rings. The lowest BCUT2D eigenvalue weighted by Gasteiger charge is -2.35. The van der Waals surface area contributed by atoms with E-state index in [9.17, 15) is 9.59 Å². The maximum Gasteiger partial charge on any atom is 0.274 e. The van der Waals surface area contributed by atoms with E-state index in [0.717, 1.165) is 3.57 Å². The topological polar surface area (TPSA) is 49.4 Å². The van der Waals surface area contributed by atoms with Gasteiger partial charge in [-0.05, 0) is 79.8 Å². The molecule has 0 bridgehead atoms. The fraction of sp³-hybridized carbons (Fsp3) is 0.222. The Balaban J connectivity index is 2.30. The summed E-state index contributed by atoms with van der Waals surface area (Å²) in [5.74, 6) is -0.700. The zero-order chi connectivity index (χ0) is 17.9. The van der Waals surface area contributed by atoms with Crippen LogP contribution in [0.25, 0.3) is 0 Å². The maximum atomic E-state index is 12.9. The lowest BCUT2D eigenvalue weighted by Crippen LogP contribution is -2.55. The normalized spacial score (nSPS) is 11.0. The van der Waals surface area contributed by atoms with E-state index >= 15 is 0 Å². The van der Waals surface area contributed by atoms with Crippen LogP contribution in [0.2, 0.25) is 5.02 Å². The highest BCUT2D eigenvalue weighted by Gasteiger charge is 2.30. The first-order chi connectivity index (χ1) is 11.2. The minimum absolute atomic E-state index is 0.344. The first-order valence-electron chi connectivity index (χ1n) is 7.36. The van der Waals surface area contributed by atoms with Gasteiger partial charge in [0.2, 0.25) is 0 Å². The van der Waals surface area contributed by atoms with Crippen LogP contribution in [0.4, 0.5) is 0 Å². The molecule has 4 nitrogen and oxygen atoms in total. The SMILES string of the molecule is CC(C)(C)N(NC(=O)c1ccc(I)cc1)C(=O)c1ccccc1Cl. The van der Waals surface area contributed by atoms with Crippen LogP contribution in [0.15, 0.2) is 48.5 Å². The van der Waals surface area contributed by atoms with E-state index in [1.54, 1.807) is 36.4 Å². The summed E-state index contributed by atoms with van der Waals surface area (Å²) in [6, 6.07) is 13.9. The van der Waals surface area contributed by atoms with Crippen molar-refractivity contribution in [1.29, 1.82) is 0 Å². The smallest absolute Gasteiger partial charge is 0.267 e. The number of benzene rings is 2. The van der Waals surface area contributed by atoms with Crippen LogP contribution in [0.1, 0.15) is 41.5 Å². The Morgan fingerprint density at radius 1 is 1.04 bits per heavy atom. The summed E-state index contributed by atoms with van der Waals surface area (Å²) in [6.45, 7) is 5.53. The average molecular weight is 457 g/mol. The number of hydrogen-bond acceptors (Lipinski definition) is 2. The average Bonchev–Trinajstić information content (AvgIpc) is 2.52. The van der Waals surface area contributed by atoms with E-state index in [2.05, 4.69) is 28.0 Å². The lowest BCUT2D eigenvalue weighted by atomic mass is 10.1. The van der Waals surface area contributed by atoms with Gasteiger partial charge < -0.3 is 0 Å². The van der Waals surface area contributed by atoms with Gasteiger partial charge in [-0.2, -0.15) is 0 Å². The van der Waals surface area contributed by atoms with Crippen LogP contribution in [0.3, 0.4) is 0 Å². The highest BCUT2D eigenvalue weighted by molar-refractivity contribution is 14.1. The first kappa shape index (κ1) is 18.7. The summed E-state index contributed by atoms with van der Waals surface area (Å²) in [4.78, 5) is 25.4. The Morgan fingerprint density at radius 2 is 1.62 bits per heavy atom. The molecule has 0 aromatic heterocycles. The summed E-state index contributed by atoms with van der Waals surface area (Å²) in [7, 11) is 0. The van der Waals surface area contributed by atoms with Crippen molar-refractivity contribution in [3.8, 4) is 0 Å². The molecule has 2 amide bonds. The molecule has 1 N–H and O–H groups in total. The van der Waals surface area contributed by atoms with E-state index in [-0.39, 0.29) is 11.8 Å². The predicted octanol–water partition coefficient (Wildman–Crippen LogP) is 4.53. The van der Waals surface area contributed by atoms with Crippen molar-refractivity contribution in [2.45, 2.75) is 26.3 Å². The quantitative estimate of drug-likeness (QED) is 0.533. The summed E-state index contributed by atoms with van der Waals surface area (Å²) >= 11 is 8.29. The standard InChI is InChI=1S/C18H18ClIN2O2/c1-18(2,3)22(17(24)14-6-4-5-7-15(14)19)21-16(23)12-8-10-13(20)11-9-12/h4-11H,1-3H3,(H,21,23). The second-order valence-corrected chi connectivity index (χ2v) is 7.89. The molecule has 0 spiro atoms. The summed E-state index contributed by atoms with van der Waals surface area (Å²) < 4.78 is 1.03. The molecule has 0 fully saturated rings. The lowest BCUT2D eigenvalue weighted by molar-refractivity contribution is 0.0359. The van der Waals surface area contributed by atoms with Crippen LogP contribution in [-0.4, -0.2) is 22.4 Å².